The monoisotopic (exact) mass is 490 g/mol. The van der Waals surface area contributed by atoms with Crippen LogP contribution in [0.4, 0.5) is 24.9 Å². The number of halogens is 3. The third kappa shape index (κ3) is 4.92. The van der Waals surface area contributed by atoms with Gasteiger partial charge in [0.1, 0.15) is 5.82 Å². The van der Waals surface area contributed by atoms with Crippen molar-refractivity contribution in [3.63, 3.8) is 0 Å². The Morgan fingerprint density at radius 2 is 1.89 bits per heavy atom. The smallest absolute Gasteiger partial charge is 0.390 e. The molecule has 0 spiro atoms. The van der Waals surface area contributed by atoms with E-state index in [0.717, 1.165) is 31.4 Å². The van der Waals surface area contributed by atoms with Gasteiger partial charge >= 0.3 is 6.18 Å². The number of anilines is 2. The molecule has 1 aromatic carbocycles. The number of aromatic nitrogens is 4. The van der Waals surface area contributed by atoms with Crippen molar-refractivity contribution in [1.82, 2.24) is 19.7 Å². The molecule has 35 heavy (non-hydrogen) atoms. The van der Waals surface area contributed by atoms with Crippen LogP contribution in [-0.2, 0) is 10.9 Å². The van der Waals surface area contributed by atoms with Gasteiger partial charge in [-0.2, -0.15) is 28.2 Å². The molecule has 188 valence electrons. The highest BCUT2D eigenvalue weighted by atomic mass is 19.4. The Morgan fingerprint density at radius 1 is 1.11 bits per heavy atom. The van der Waals surface area contributed by atoms with Gasteiger partial charge in [0, 0.05) is 19.7 Å². The molecule has 3 aromatic rings. The number of ether oxygens (including phenoxy) is 1. The predicted molar refractivity (Wildman–Crippen MR) is 126 cm³/mol. The van der Waals surface area contributed by atoms with Crippen LogP contribution in [0.15, 0.2) is 30.5 Å². The average molecular weight is 491 g/mol. The highest BCUT2D eigenvalue weighted by Gasteiger charge is 2.33. The van der Waals surface area contributed by atoms with Crippen molar-refractivity contribution in [3.8, 4) is 5.69 Å². The molecule has 0 amide bonds. The number of nitrogens with one attached hydrogen (secondary N) is 1. The van der Waals surface area contributed by atoms with E-state index in [4.69, 9.17) is 9.72 Å². The standard InChI is InChI=1S/C24H29F3N6O2/c1-23(2,34)15-6-9-32(10-7-15)20-19-13-28-33(18-5-3-4-16(12-18)24(25,26)27)21(19)31-22(30-20)29-17-8-11-35-14-17/h3-5,12-13,15,17,34H,6-11,14H2,1-2H3,(H,29,30,31)/t17-/m0/s1. The summed E-state index contributed by atoms with van der Waals surface area (Å²) in [4.78, 5) is 11.6. The van der Waals surface area contributed by atoms with E-state index in [2.05, 4.69) is 20.3 Å². The molecule has 2 aliphatic rings. The van der Waals surface area contributed by atoms with E-state index in [9.17, 15) is 18.3 Å². The SMILES string of the molecule is CC(C)(O)C1CCN(c2nc(N[C@H]3CCOC3)nc3c2cnn3-c2cccc(C(F)(F)F)c2)CC1. The van der Waals surface area contributed by atoms with E-state index in [1.165, 1.54) is 10.7 Å². The van der Waals surface area contributed by atoms with Gasteiger partial charge in [0.2, 0.25) is 5.95 Å². The summed E-state index contributed by atoms with van der Waals surface area (Å²) in [6.45, 7) is 6.25. The molecule has 2 fully saturated rings. The minimum Gasteiger partial charge on any atom is -0.390 e. The molecule has 0 aliphatic carbocycles. The van der Waals surface area contributed by atoms with Crippen molar-refractivity contribution >= 4 is 22.8 Å². The maximum atomic E-state index is 13.3. The molecule has 1 atom stereocenters. The molecule has 0 saturated carbocycles. The summed E-state index contributed by atoms with van der Waals surface area (Å²) < 4.78 is 46.9. The lowest BCUT2D eigenvalue weighted by Gasteiger charge is -2.38. The number of nitrogens with zero attached hydrogens (tertiary/aromatic N) is 5. The van der Waals surface area contributed by atoms with Crippen LogP contribution in [0.2, 0.25) is 0 Å². The van der Waals surface area contributed by atoms with Gasteiger partial charge in [-0.1, -0.05) is 6.07 Å². The molecule has 0 bridgehead atoms. The van der Waals surface area contributed by atoms with Crippen LogP contribution >= 0.6 is 0 Å². The van der Waals surface area contributed by atoms with Crippen LogP contribution in [0.1, 0.15) is 38.7 Å². The molecule has 2 aromatic heterocycles. The van der Waals surface area contributed by atoms with Crippen molar-refractivity contribution in [1.29, 1.82) is 0 Å². The largest absolute Gasteiger partial charge is 0.416 e. The zero-order chi connectivity index (χ0) is 24.8. The molecule has 0 radical (unpaired) electrons. The number of hydrogen-bond donors (Lipinski definition) is 2. The first-order chi connectivity index (χ1) is 16.6. The lowest BCUT2D eigenvalue weighted by atomic mass is 9.83. The number of benzene rings is 1. The van der Waals surface area contributed by atoms with Crippen LogP contribution in [-0.4, -0.2) is 62.8 Å². The Bertz CT molecular complexity index is 1190. The first kappa shape index (κ1) is 23.8. The Hall–Kier alpha value is -2.92. The molecule has 2 saturated heterocycles. The number of fused-ring (bicyclic) bond motifs is 1. The molecular weight excluding hydrogens is 461 g/mol. The average Bonchev–Trinajstić information content (AvgIpc) is 3.48. The first-order valence-corrected chi connectivity index (χ1v) is 11.8. The third-order valence-corrected chi connectivity index (χ3v) is 6.88. The second-order valence-electron chi connectivity index (χ2n) is 9.83. The molecule has 4 heterocycles. The van der Waals surface area contributed by atoms with Crippen molar-refractivity contribution < 1.29 is 23.0 Å². The van der Waals surface area contributed by atoms with E-state index in [0.29, 0.717) is 49.1 Å². The lowest BCUT2D eigenvalue weighted by Crippen LogP contribution is -2.42. The van der Waals surface area contributed by atoms with Crippen LogP contribution in [0, 0.1) is 5.92 Å². The molecule has 0 unspecified atom stereocenters. The molecule has 2 N–H and O–H groups in total. The first-order valence-electron chi connectivity index (χ1n) is 11.8. The number of rotatable bonds is 5. The summed E-state index contributed by atoms with van der Waals surface area (Å²) in [7, 11) is 0. The zero-order valence-electron chi connectivity index (χ0n) is 19.7. The van der Waals surface area contributed by atoms with Gasteiger partial charge < -0.3 is 20.1 Å². The highest BCUT2D eigenvalue weighted by molar-refractivity contribution is 5.89. The summed E-state index contributed by atoms with van der Waals surface area (Å²) in [5.41, 5.74) is -0.796. The van der Waals surface area contributed by atoms with Crippen LogP contribution in [0.5, 0.6) is 0 Å². The fourth-order valence-corrected chi connectivity index (χ4v) is 4.83. The quantitative estimate of drug-likeness (QED) is 0.559. The van der Waals surface area contributed by atoms with Gasteiger partial charge in [-0.3, -0.25) is 0 Å². The van der Waals surface area contributed by atoms with Gasteiger partial charge in [0.25, 0.3) is 0 Å². The summed E-state index contributed by atoms with van der Waals surface area (Å²) >= 11 is 0. The summed E-state index contributed by atoms with van der Waals surface area (Å²) in [6, 6.07) is 5.11. The normalized spacial score (nSPS) is 20.1. The molecule has 5 rings (SSSR count). The Morgan fingerprint density at radius 3 is 2.54 bits per heavy atom. The van der Waals surface area contributed by atoms with Gasteiger partial charge in [0.15, 0.2) is 5.65 Å². The number of hydrogen-bond acceptors (Lipinski definition) is 7. The van der Waals surface area contributed by atoms with Gasteiger partial charge in [0.05, 0.1) is 41.1 Å². The fraction of sp³-hybridized carbons (Fsp3) is 0.542. The number of alkyl halides is 3. The third-order valence-electron chi connectivity index (χ3n) is 6.88. The Labute approximate surface area is 201 Å². The minimum absolute atomic E-state index is 0.0613. The van der Waals surface area contributed by atoms with E-state index < -0.39 is 17.3 Å². The van der Waals surface area contributed by atoms with E-state index in [1.807, 2.05) is 13.8 Å². The molecule has 11 heteroatoms. The highest BCUT2D eigenvalue weighted by Crippen LogP contribution is 2.35. The maximum absolute atomic E-state index is 13.3. The lowest BCUT2D eigenvalue weighted by molar-refractivity contribution is -0.137. The van der Waals surface area contributed by atoms with Crippen molar-refractivity contribution in [2.45, 2.75) is 50.9 Å². The molecule has 8 nitrogen and oxygen atoms in total. The summed E-state index contributed by atoms with van der Waals surface area (Å²) in [5, 5.41) is 18.8. The summed E-state index contributed by atoms with van der Waals surface area (Å²) in [6.07, 6.45) is -0.429. The predicted octanol–water partition coefficient (Wildman–Crippen LogP) is 4.02. The van der Waals surface area contributed by atoms with E-state index >= 15 is 0 Å². The molecule has 2 aliphatic heterocycles. The number of piperidine rings is 1. The second kappa shape index (κ2) is 8.94. The van der Waals surface area contributed by atoms with E-state index in [1.54, 1.807) is 12.3 Å². The van der Waals surface area contributed by atoms with Crippen LogP contribution in [0.3, 0.4) is 0 Å². The van der Waals surface area contributed by atoms with Crippen molar-refractivity contribution in [3.05, 3.63) is 36.0 Å². The number of aliphatic hydroxyl groups is 1. The topological polar surface area (TPSA) is 88.3 Å². The zero-order valence-corrected chi connectivity index (χ0v) is 19.7. The maximum Gasteiger partial charge on any atom is 0.416 e. The summed E-state index contributed by atoms with van der Waals surface area (Å²) in [5.74, 6) is 1.25. The van der Waals surface area contributed by atoms with Crippen molar-refractivity contribution in [2.75, 3.05) is 36.5 Å². The molecular formula is C24H29F3N6O2. The van der Waals surface area contributed by atoms with Crippen molar-refractivity contribution in [2.24, 2.45) is 5.92 Å². The van der Waals surface area contributed by atoms with Crippen LogP contribution < -0.4 is 10.2 Å². The van der Waals surface area contributed by atoms with E-state index in [-0.39, 0.29) is 17.6 Å². The Kier molecular flexibility index (Phi) is 6.08. The minimum atomic E-state index is -4.46. The van der Waals surface area contributed by atoms with Gasteiger partial charge in [-0.25, -0.2) is 4.68 Å². The van der Waals surface area contributed by atoms with Gasteiger partial charge in [-0.15, -0.1) is 0 Å². The fourth-order valence-electron chi connectivity index (χ4n) is 4.83. The van der Waals surface area contributed by atoms with Crippen LogP contribution in [0.25, 0.3) is 16.7 Å². The second-order valence-corrected chi connectivity index (χ2v) is 9.83. The van der Waals surface area contributed by atoms with Gasteiger partial charge in [-0.05, 0) is 57.2 Å². The Balaban J connectivity index is 1.55.